The molecule has 0 unspecified atom stereocenters. The summed E-state index contributed by atoms with van der Waals surface area (Å²) in [5.41, 5.74) is 1.20. The van der Waals surface area contributed by atoms with Gasteiger partial charge in [-0.25, -0.2) is 0 Å². The van der Waals surface area contributed by atoms with Crippen LogP contribution >= 0.6 is 0 Å². The van der Waals surface area contributed by atoms with Gasteiger partial charge in [0.1, 0.15) is 0 Å². The van der Waals surface area contributed by atoms with E-state index in [4.69, 9.17) is 14.2 Å². The third kappa shape index (κ3) is 9.96. The van der Waals surface area contributed by atoms with E-state index >= 15 is 0 Å². The van der Waals surface area contributed by atoms with Crippen molar-refractivity contribution in [2.75, 3.05) is 33.0 Å². The molecule has 0 aliphatic rings. The highest BCUT2D eigenvalue weighted by Crippen LogP contribution is 2.00. The van der Waals surface area contributed by atoms with Crippen LogP contribution in [0.3, 0.4) is 0 Å². The van der Waals surface area contributed by atoms with Crippen molar-refractivity contribution < 1.29 is 14.2 Å². The van der Waals surface area contributed by atoms with Gasteiger partial charge in [-0.2, -0.15) is 0 Å². The predicted molar refractivity (Wildman–Crippen MR) is 81.9 cm³/mol. The average Bonchev–Trinajstić information content (AvgIpc) is 2.49. The minimum atomic E-state index is 0.630. The summed E-state index contributed by atoms with van der Waals surface area (Å²) in [6.07, 6.45) is 5.00. The Bertz CT molecular complexity index is 300. The fourth-order valence-electron chi connectivity index (χ4n) is 1.83. The molecule has 0 fully saturated rings. The lowest BCUT2D eigenvalue weighted by Gasteiger charge is -2.07. The number of rotatable bonds is 13. The van der Waals surface area contributed by atoms with Crippen molar-refractivity contribution in [1.82, 2.24) is 0 Å². The molecule has 1 rings (SSSR count). The lowest BCUT2D eigenvalue weighted by atomic mass is 10.2. The van der Waals surface area contributed by atoms with Crippen LogP contribution in [0.1, 0.15) is 38.2 Å². The lowest BCUT2D eigenvalue weighted by molar-refractivity contribution is 0.0100. The first-order chi connectivity index (χ1) is 9.93. The predicted octanol–water partition coefficient (Wildman–Crippen LogP) is 3.82. The summed E-state index contributed by atoms with van der Waals surface area (Å²) in [6, 6.07) is 10.2. The van der Waals surface area contributed by atoms with E-state index in [-0.39, 0.29) is 0 Å². The monoisotopic (exact) mass is 280 g/mol. The third-order valence-corrected chi connectivity index (χ3v) is 3.00. The zero-order valence-electron chi connectivity index (χ0n) is 12.7. The Morgan fingerprint density at radius 3 is 2.05 bits per heavy atom. The van der Waals surface area contributed by atoms with Crippen molar-refractivity contribution in [1.29, 1.82) is 0 Å². The molecule has 0 aliphatic heterocycles. The molecular weight excluding hydrogens is 252 g/mol. The Morgan fingerprint density at radius 1 is 0.700 bits per heavy atom. The van der Waals surface area contributed by atoms with Crippen molar-refractivity contribution in [3.8, 4) is 0 Å². The summed E-state index contributed by atoms with van der Waals surface area (Å²) in [5.74, 6) is 0. The van der Waals surface area contributed by atoms with Gasteiger partial charge in [0.25, 0.3) is 0 Å². The van der Waals surface area contributed by atoms with E-state index in [0.717, 1.165) is 13.0 Å². The molecule has 0 atom stereocenters. The summed E-state index contributed by atoms with van der Waals surface area (Å²) < 4.78 is 16.5. The number of hydrogen-bond acceptors (Lipinski definition) is 3. The van der Waals surface area contributed by atoms with Crippen LogP contribution in [0.5, 0.6) is 0 Å². The highest BCUT2D eigenvalue weighted by Gasteiger charge is 1.93. The minimum absolute atomic E-state index is 0.630. The molecule has 0 aliphatic carbocycles. The smallest absolute Gasteiger partial charge is 0.0718 e. The van der Waals surface area contributed by atoms with Gasteiger partial charge < -0.3 is 14.2 Å². The second-order valence-corrected chi connectivity index (χ2v) is 4.82. The second-order valence-electron chi connectivity index (χ2n) is 4.82. The molecule has 1 aromatic carbocycles. The summed E-state index contributed by atoms with van der Waals surface area (Å²) >= 11 is 0. The van der Waals surface area contributed by atoms with Crippen molar-refractivity contribution in [2.24, 2.45) is 0 Å². The van der Waals surface area contributed by atoms with Crippen molar-refractivity contribution in [3.05, 3.63) is 35.9 Å². The molecule has 0 heterocycles. The van der Waals surface area contributed by atoms with Crippen molar-refractivity contribution in [3.63, 3.8) is 0 Å². The molecule has 1 aromatic rings. The van der Waals surface area contributed by atoms with Crippen LogP contribution < -0.4 is 0 Å². The molecule has 3 nitrogen and oxygen atoms in total. The molecule has 0 radical (unpaired) electrons. The number of benzene rings is 1. The van der Waals surface area contributed by atoms with E-state index < -0.39 is 0 Å². The fraction of sp³-hybridized carbons (Fsp3) is 0.647. The van der Waals surface area contributed by atoms with Gasteiger partial charge in [-0.3, -0.25) is 0 Å². The highest BCUT2D eigenvalue weighted by atomic mass is 16.5. The number of ether oxygens (including phenoxy) is 3. The molecular formula is C17H28O3. The fourth-order valence-corrected chi connectivity index (χ4v) is 1.83. The molecule has 0 N–H and O–H groups in total. The first-order valence-corrected chi connectivity index (χ1v) is 7.70. The molecule has 0 saturated carbocycles. The van der Waals surface area contributed by atoms with Gasteiger partial charge in [0, 0.05) is 6.61 Å². The van der Waals surface area contributed by atoms with Crippen LogP contribution in [0.15, 0.2) is 30.3 Å². The molecule has 114 valence electrons. The van der Waals surface area contributed by atoms with Gasteiger partial charge in [-0.1, -0.05) is 56.5 Å². The first-order valence-electron chi connectivity index (χ1n) is 7.70. The number of unbranched alkanes of at least 4 members (excludes halogenated alkanes) is 3. The van der Waals surface area contributed by atoms with Gasteiger partial charge >= 0.3 is 0 Å². The Kier molecular flexibility index (Phi) is 11.2. The van der Waals surface area contributed by atoms with Crippen LogP contribution in [0, 0.1) is 0 Å². The zero-order chi connectivity index (χ0) is 14.3. The minimum Gasteiger partial charge on any atom is -0.379 e. The Labute approximate surface area is 123 Å². The van der Waals surface area contributed by atoms with E-state index in [0.29, 0.717) is 33.0 Å². The van der Waals surface area contributed by atoms with E-state index in [9.17, 15) is 0 Å². The quantitative estimate of drug-likeness (QED) is 0.514. The maximum atomic E-state index is 5.53. The summed E-state index contributed by atoms with van der Waals surface area (Å²) in [7, 11) is 0. The zero-order valence-corrected chi connectivity index (χ0v) is 12.7. The van der Waals surface area contributed by atoms with Gasteiger partial charge in [-0.15, -0.1) is 0 Å². The maximum absolute atomic E-state index is 5.53. The topological polar surface area (TPSA) is 27.7 Å². The van der Waals surface area contributed by atoms with Gasteiger partial charge in [0.05, 0.1) is 33.0 Å². The highest BCUT2D eigenvalue weighted by molar-refractivity contribution is 5.13. The van der Waals surface area contributed by atoms with Gasteiger partial charge in [-0.05, 0) is 12.0 Å². The molecule has 20 heavy (non-hydrogen) atoms. The van der Waals surface area contributed by atoms with Crippen LogP contribution in [0.4, 0.5) is 0 Å². The second kappa shape index (κ2) is 13.1. The third-order valence-electron chi connectivity index (χ3n) is 3.00. The van der Waals surface area contributed by atoms with Crippen LogP contribution in [-0.4, -0.2) is 33.0 Å². The van der Waals surface area contributed by atoms with Crippen LogP contribution in [0.25, 0.3) is 0 Å². The molecule has 0 amide bonds. The molecule has 0 aromatic heterocycles. The molecule has 3 heteroatoms. The summed E-state index contributed by atoms with van der Waals surface area (Å²) in [4.78, 5) is 0. The van der Waals surface area contributed by atoms with E-state index in [1.165, 1.54) is 24.8 Å². The summed E-state index contributed by atoms with van der Waals surface area (Å²) in [5, 5.41) is 0. The van der Waals surface area contributed by atoms with Gasteiger partial charge in [0.2, 0.25) is 0 Å². The van der Waals surface area contributed by atoms with E-state index in [1.54, 1.807) is 0 Å². The van der Waals surface area contributed by atoms with Crippen molar-refractivity contribution in [2.45, 2.75) is 39.2 Å². The van der Waals surface area contributed by atoms with E-state index in [2.05, 4.69) is 19.1 Å². The number of hydrogen-bond donors (Lipinski definition) is 0. The normalized spacial score (nSPS) is 10.8. The average molecular weight is 280 g/mol. The Balaban J connectivity index is 1.77. The SMILES string of the molecule is CCCCCCOCCOCCOCc1ccccc1. The lowest BCUT2D eigenvalue weighted by Crippen LogP contribution is -2.09. The van der Waals surface area contributed by atoms with E-state index in [1.807, 2.05) is 18.2 Å². The molecule has 0 spiro atoms. The summed E-state index contributed by atoms with van der Waals surface area (Å²) in [6.45, 7) is 6.32. The standard InChI is InChI=1S/C17H28O3/c1-2-3-4-8-11-18-12-13-19-14-15-20-16-17-9-6-5-7-10-17/h5-7,9-10H,2-4,8,11-16H2,1H3. The Hall–Kier alpha value is -0.900. The molecule has 0 bridgehead atoms. The van der Waals surface area contributed by atoms with Gasteiger partial charge in [0.15, 0.2) is 0 Å². The van der Waals surface area contributed by atoms with Crippen LogP contribution in [0.2, 0.25) is 0 Å². The molecule has 0 saturated heterocycles. The van der Waals surface area contributed by atoms with Crippen LogP contribution in [-0.2, 0) is 20.8 Å². The maximum Gasteiger partial charge on any atom is 0.0718 e. The van der Waals surface area contributed by atoms with Crippen molar-refractivity contribution >= 4 is 0 Å². The largest absolute Gasteiger partial charge is 0.379 e. The Morgan fingerprint density at radius 2 is 1.35 bits per heavy atom. The first kappa shape index (κ1) is 17.2.